The number of hydrogen-bond acceptors (Lipinski definition) is 5. The minimum Gasteiger partial charge on any atom is -0.384 e. The standard InChI is InChI=1S/C19H24N4O2/c1-14-21-9-6-17(22-14)15-4-3-5-16(12-15)23-18(24)19(13-25-2)7-10-20-11-8-19/h3-6,9,12,20H,7-8,10-11,13H2,1-2H3,(H,23,24). The molecule has 0 atom stereocenters. The number of hydrogen-bond donors (Lipinski definition) is 2. The summed E-state index contributed by atoms with van der Waals surface area (Å²) in [5, 5.41) is 6.37. The Hall–Kier alpha value is -2.31. The molecule has 1 fully saturated rings. The number of carbonyl (C=O) groups excluding carboxylic acids is 1. The number of methoxy groups -OCH3 is 1. The van der Waals surface area contributed by atoms with Crippen LogP contribution < -0.4 is 10.6 Å². The van der Waals surface area contributed by atoms with Gasteiger partial charge in [-0.1, -0.05) is 12.1 Å². The van der Waals surface area contributed by atoms with Crippen molar-refractivity contribution in [2.75, 3.05) is 32.1 Å². The van der Waals surface area contributed by atoms with E-state index in [0.717, 1.165) is 48.7 Å². The van der Waals surface area contributed by atoms with E-state index in [4.69, 9.17) is 4.74 Å². The lowest BCUT2D eigenvalue weighted by Crippen LogP contribution is -2.47. The molecular formula is C19H24N4O2. The molecule has 1 aliphatic rings. The quantitative estimate of drug-likeness (QED) is 0.874. The maximum Gasteiger partial charge on any atom is 0.233 e. The zero-order chi connectivity index (χ0) is 17.7. The van der Waals surface area contributed by atoms with Crippen LogP contribution in [0.15, 0.2) is 36.5 Å². The van der Waals surface area contributed by atoms with Gasteiger partial charge >= 0.3 is 0 Å². The molecule has 1 saturated heterocycles. The number of ether oxygens (including phenoxy) is 1. The van der Waals surface area contributed by atoms with E-state index in [1.165, 1.54) is 0 Å². The van der Waals surface area contributed by atoms with Crippen molar-refractivity contribution in [3.63, 3.8) is 0 Å². The van der Waals surface area contributed by atoms with Crippen LogP contribution in [0.25, 0.3) is 11.3 Å². The zero-order valence-corrected chi connectivity index (χ0v) is 14.7. The van der Waals surface area contributed by atoms with Crippen molar-refractivity contribution in [1.29, 1.82) is 0 Å². The molecule has 132 valence electrons. The zero-order valence-electron chi connectivity index (χ0n) is 14.7. The highest BCUT2D eigenvalue weighted by Gasteiger charge is 2.39. The molecule has 6 heteroatoms. The first-order valence-electron chi connectivity index (χ1n) is 8.54. The Kier molecular flexibility index (Phi) is 5.40. The van der Waals surface area contributed by atoms with Gasteiger partial charge in [0.05, 0.1) is 17.7 Å². The summed E-state index contributed by atoms with van der Waals surface area (Å²) in [4.78, 5) is 21.5. The van der Waals surface area contributed by atoms with Crippen LogP contribution in [0.4, 0.5) is 5.69 Å². The van der Waals surface area contributed by atoms with Crippen LogP contribution in [0, 0.1) is 12.3 Å². The van der Waals surface area contributed by atoms with Gasteiger partial charge in [-0.05, 0) is 51.1 Å². The summed E-state index contributed by atoms with van der Waals surface area (Å²) in [6.45, 7) is 3.96. The molecular weight excluding hydrogens is 316 g/mol. The highest BCUT2D eigenvalue weighted by molar-refractivity contribution is 5.96. The Morgan fingerprint density at radius 2 is 2.12 bits per heavy atom. The average molecular weight is 340 g/mol. The van der Waals surface area contributed by atoms with E-state index < -0.39 is 5.41 Å². The Morgan fingerprint density at radius 3 is 2.84 bits per heavy atom. The van der Waals surface area contributed by atoms with Gasteiger partial charge < -0.3 is 15.4 Å². The van der Waals surface area contributed by atoms with Gasteiger partial charge in [-0.2, -0.15) is 0 Å². The average Bonchev–Trinajstić information content (AvgIpc) is 2.63. The van der Waals surface area contributed by atoms with Gasteiger partial charge in [0, 0.05) is 24.6 Å². The first-order chi connectivity index (χ1) is 12.1. The van der Waals surface area contributed by atoms with Gasteiger partial charge in [-0.25, -0.2) is 9.97 Å². The van der Waals surface area contributed by atoms with Crippen LogP contribution in [0.2, 0.25) is 0 Å². The van der Waals surface area contributed by atoms with Crippen LogP contribution in [-0.2, 0) is 9.53 Å². The molecule has 0 aliphatic carbocycles. The third-order valence-electron chi connectivity index (χ3n) is 4.66. The van der Waals surface area contributed by atoms with Crippen LogP contribution in [0.3, 0.4) is 0 Å². The third kappa shape index (κ3) is 4.03. The van der Waals surface area contributed by atoms with E-state index in [9.17, 15) is 4.79 Å². The normalized spacial score (nSPS) is 16.4. The SMILES string of the molecule is COCC1(C(=O)Nc2cccc(-c3ccnc(C)n3)c2)CCNCC1. The van der Waals surface area contributed by atoms with E-state index >= 15 is 0 Å². The van der Waals surface area contributed by atoms with Gasteiger partial charge in [0.15, 0.2) is 0 Å². The largest absolute Gasteiger partial charge is 0.384 e. The predicted molar refractivity (Wildman–Crippen MR) is 97.2 cm³/mol. The van der Waals surface area contributed by atoms with E-state index in [1.54, 1.807) is 13.3 Å². The number of aryl methyl sites for hydroxylation is 1. The number of amides is 1. The summed E-state index contributed by atoms with van der Waals surface area (Å²) in [6, 6.07) is 9.62. The molecule has 2 aromatic rings. The molecule has 1 aromatic heterocycles. The monoisotopic (exact) mass is 340 g/mol. The second-order valence-corrected chi connectivity index (χ2v) is 6.49. The number of piperidine rings is 1. The lowest BCUT2D eigenvalue weighted by atomic mass is 9.78. The topological polar surface area (TPSA) is 76.1 Å². The molecule has 2 heterocycles. The van der Waals surface area contributed by atoms with E-state index in [2.05, 4.69) is 20.6 Å². The van der Waals surface area contributed by atoms with Crippen molar-refractivity contribution in [2.24, 2.45) is 5.41 Å². The number of aromatic nitrogens is 2. The number of rotatable bonds is 5. The highest BCUT2D eigenvalue weighted by Crippen LogP contribution is 2.31. The fourth-order valence-electron chi connectivity index (χ4n) is 3.26. The highest BCUT2D eigenvalue weighted by atomic mass is 16.5. The molecule has 1 amide bonds. The first kappa shape index (κ1) is 17.5. The van der Waals surface area contributed by atoms with E-state index in [1.807, 2.05) is 37.3 Å². The Labute approximate surface area is 148 Å². The predicted octanol–water partition coefficient (Wildman–Crippen LogP) is 2.41. The smallest absolute Gasteiger partial charge is 0.233 e. The van der Waals surface area contributed by atoms with Crippen molar-refractivity contribution >= 4 is 11.6 Å². The minimum atomic E-state index is -0.471. The summed E-state index contributed by atoms with van der Waals surface area (Å²) in [6.07, 6.45) is 3.29. The fourth-order valence-corrected chi connectivity index (χ4v) is 3.26. The molecule has 0 unspecified atom stereocenters. The number of benzene rings is 1. The van der Waals surface area contributed by atoms with Crippen molar-refractivity contribution in [3.8, 4) is 11.3 Å². The maximum absolute atomic E-state index is 12.9. The van der Waals surface area contributed by atoms with Gasteiger partial charge in [0.2, 0.25) is 5.91 Å². The number of anilines is 1. The molecule has 6 nitrogen and oxygen atoms in total. The lowest BCUT2D eigenvalue weighted by molar-refractivity contribution is -0.130. The lowest BCUT2D eigenvalue weighted by Gasteiger charge is -2.35. The van der Waals surface area contributed by atoms with Crippen LogP contribution in [-0.4, -0.2) is 42.7 Å². The second-order valence-electron chi connectivity index (χ2n) is 6.49. The maximum atomic E-state index is 12.9. The molecule has 3 rings (SSSR count). The van der Waals surface area contributed by atoms with Crippen molar-refractivity contribution in [1.82, 2.24) is 15.3 Å². The fraction of sp³-hybridized carbons (Fsp3) is 0.421. The van der Waals surface area contributed by atoms with Crippen LogP contribution >= 0.6 is 0 Å². The summed E-state index contributed by atoms with van der Waals surface area (Å²) in [5.74, 6) is 0.743. The van der Waals surface area contributed by atoms with Crippen molar-refractivity contribution in [3.05, 3.63) is 42.4 Å². The minimum absolute atomic E-state index is 0.0202. The Balaban J connectivity index is 1.80. The van der Waals surface area contributed by atoms with Gasteiger partial charge in [-0.15, -0.1) is 0 Å². The summed E-state index contributed by atoms with van der Waals surface area (Å²) < 4.78 is 5.34. The number of nitrogens with one attached hydrogen (secondary N) is 2. The first-order valence-corrected chi connectivity index (χ1v) is 8.54. The van der Waals surface area contributed by atoms with E-state index in [-0.39, 0.29) is 5.91 Å². The van der Waals surface area contributed by atoms with Crippen molar-refractivity contribution < 1.29 is 9.53 Å². The molecule has 1 aliphatic heterocycles. The van der Waals surface area contributed by atoms with Crippen LogP contribution in [0.5, 0.6) is 0 Å². The molecule has 0 radical (unpaired) electrons. The van der Waals surface area contributed by atoms with E-state index in [0.29, 0.717) is 6.61 Å². The number of nitrogens with zero attached hydrogens (tertiary/aromatic N) is 2. The van der Waals surface area contributed by atoms with Gasteiger partial charge in [0.25, 0.3) is 0 Å². The third-order valence-corrected chi connectivity index (χ3v) is 4.66. The van der Waals surface area contributed by atoms with Gasteiger partial charge in [-0.3, -0.25) is 4.79 Å². The van der Waals surface area contributed by atoms with Crippen molar-refractivity contribution in [2.45, 2.75) is 19.8 Å². The molecule has 0 saturated carbocycles. The molecule has 1 aromatic carbocycles. The molecule has 25 heavy (non-hydrogen) atoms. The molecule has 0 bridgehead atoms. The number of carbonyl (C=O) groups is 1. The summed E-state index contributed by atoms with van der Waals surface area (Å²) >= 11 is 0. The summed E-state index contributed by atoms with van der Waals surface area (Å²) in [5.41, 5.74) is 2.10. The Bertz CT molecular complexity index is 736. The summed E-state index contributed by atoms with van der Waals surface area (Å²) in [7, 11) is 1.65. The second kappa shape index (κ2) is 7.72. The van der Waals surface area contributed by atoms with Gasteiger partial charge in [0.1, 0.15) is 5.82 Å². The Morgan fingerprint density at radius 1 is 1.32 bits per heavy atom. The van der Waals surface area contributed by atoms with Crippen LogP contribution in [0.1, 0.15) is 18.7 Å². The molecule has 0 spiro atoms. The molecule has 2 N–H and O–H groups in total.